The lowest BCUT2D eigenvalue weighted by molar-refractivity contribution is -0.384. The number of rotatable bonds is 2. The second kappa shape index (κ2) is 4.73. The maximum atomic E-state index is 10.8. The highest BCUT2D eigenvalue weighted by Gasteiger charge is 2.19. The zero-order valence-electron chi connectivity index (χ0n) is 11.7. The topological polar surface area (TPSA) is 58.4 Å². The van der Waals surface area contributed by atoms with Crippen molar-refractivity contribution in [2.75, 3.05) is 16.9 Å². The molecule has 0 spiro atoms. The number of nitro benzene ring substituents is 1. The van der Waals surface area contributed by atoms with Gasteiger partial charge in [-0.15, -0.1) is 0 Å². The molecule has 108 valence electrons. The summed E-state index contributed by atoms with van der Waals surface area (Å²) in [4.78, 5) is 12.5. The summed E-state index contributed by atoms with van der Waals surface area (Å²) in [7, 11) is 0. The van der Waals surface area contributed by atoms with E-state index in [2.05, 4.69) is 34.5 Å². The van der Waals surface area contributed by atoms with Crippen molar-refractivity contribution in [2.45, 2.75) is 0 Å². The van der Waals surface area contributed by atoms with Crippen molar-refractivity contribution < 1.29 is 4.92 Å². The number of nitro groups is 1. The predicted octanol–water partition coefficient (Wildman–Crippen LogP) is 4.27. The Morgan fingerprint density at radius 1 is 1.00 bits per heavy atom. The molecule has 5 heteroatoms. The van der Waals surface area contributed by atoms with E-state index in [1.807, 2.05) is 12.1 Å². The van der Waals surface area contributed by atoms with Crippen LogP contribution < -0.4 is 10.2 Å². The summed E-state index contributed by atoms with van der Waals surface area (Å²) in [6.45, 7) is 0.633. The molecule has 0 saturated carbocycles. The molecule has 1 N–H and O–H groups in total. The SMILES string of the molecule is O=[N+]([O-])c1ccc(N2CNc3cccc4cccc2c34)cc1. The molecule has 0 fully saturated rings. The molecule has 5 nitrogen and oxygen atoms in total. The smallest absolute Gasteiger partial charge is 0.269 e. The molecule has 0 unspecified atom stereocenters. The van der Waals surface area contributed by atoms with Crippen LogP contribution in [-0.2, 0) is 0 Å². The molecule has 4 rings (SSSR count). The number of benzene rings is 3. The Kier molecular flexibility index (Phi) is 2.72. The van der Waals surface area contributed by atoms with E-state index in [4.69, 9.17) is 0 Å². The van der Waals surface area contributed by atoms with Gasteiger partial charge in [0.2, 0.25) is 0 Å². The molecule has 1 aliphatic heterocycles. The molecule has 0 saturated heterocycles. The first-order valence-corrected chi connectivity index (χ1v) is 7.02. The summed E-state index contributed by atoms with van der Waals surface area (Å²) in [5.41, 5.74) is 3.26. The van der Waals surface area contributed by atoms with Crippen LogP contribution in [0.3, 0.4) is 0 Å². The largest absolute Gasteiger partial charge is 0.367 e. The Morgan fingerprint density at radius 3 is 2.45 bits per heavy atom. The number of nitrogens with zero attached hydrogens (tertiary/aromatic N) is 2. The Morgan fingerprint density at radius 2 is 1.73 bits per heavy atom. The summed E-state index contributed by atoms with van der Waals surface area (Å²) in [6.07, 6.45) is 0. The first kappa shape index (κ1) is 12.6. The number of hydrogen-bond donors (Lipinski definition) is 1. The van der Waals surface area contributed by atoms with Crippen LogP contribution in [0.2, 0.25) is 0 Å². The highest BCUT2D eigenvalue weighted by Crippen LogP contribution is 2.39. The Hall–Kier alpha value is -3.08. The molecule has 0 atom stereocenters. The van der Waals surface area contributed by atoms with Crippen molar-refractivity contribution in [3.8, 4) is 0 Å². The minimum absolute atomic E-state index is 0.104. The van der Waals surface area contributed by atoms with Gasteiger partial charge in [-0.2, -0.15) is 0 Å². The summed E-state index contributed by atoms with van der Waals surface area (Å²) < 4.78 is 0. The minimum atomic E-state index is -0.381. The van der Waals surface area contributed by atoms with Crippen LogP contribution in [0.4, 0.5) is 22.7 Å². The molecule has 3 aromatic rings. The highest BCUT2D eigenvalue weighted by atomic mass is 16.6. The van der Waals surface area contributed by atoms with Crippen LogP contribution in [0.1, 0.15) is 0 Å². The van der Waals surface area contributed by atoms with E-state index in [1.54, 1.807) is 12.1 Å². The fraction of sp³-hybridized carbons (Fsp3) is 0.0588. The minimum Gasteiger partial charge on any atom is -0.367 e. The van der Waals surface area contributed by atoms with Gasteiger partial charge in [0.05, 0.1) is 17.3 Å². The van der Waals surface area contributed by atoms with Gasteiger partial charge in [0, 0.05) is 28.9 Å². The van der Waals surface area contributed by atoms with E-state index >= 15 is 0 Å². The first-order chi connectivity index (χ1) is 10.7. The van der Waals surface area contributed by atoms with E-state index in [0.717, 1.165) is 17.1 Å². The second-order valence-electron chi connectivity index (χ2n) is 5.22. The molecule has 0 amide bonds. The molecule has 0 aromatic heterocycles. The molecule has 0 bridgehead atoms. The van der Waals surface area contributed by atoms with Crippen molar-refractivity contribution in [1.82, 2.24) is 0 Å². The van der Waals surface area contributed by atoms with E-state index in [1.165, 1.54) is 22.9 Å². The highest BCUT2D eigenvalue weighted by molar-refractivity contribution is 6.06. The Labute approximate surface area is 126 Å². The van der Waals surface area contributed by atoms with E-state index in [0.29, 0.717) is 6.67 Å². The number of anilines is 3. The van der Waals surface area contributed by atoms with Crippen molar-refractivity contribution in [1.29, 1.82) is 0 Å². The van der Waals surface area contributed by atoms with Gasteiger partial charge in [0.15, 0.2) is 0 Å². The van der Waals surface area contributed by atoms with Gasteiger partial charge in [0.1, 0.15) is 0 Å². The number of hydrogen-bond acceptors (Lipinski definition) is 4. The first-order valence-electron chi connectivity index (χ1n) is 7.02. The maximum absolute atomic E-state index is 10.8. The van der Waals surface area contributed by atoms with Crippen LogP contribution in [0.25, 0.3) is 10.8 Å². The van der Waals surface area contributed by atoms with Gasteiger partial charge in [-0.3, -0.25) is 10.1 Å². The number of non-ortho nitro benzene ring substituents is 1. The lowest BCUT2D eigenvalue weighted by Gasteiger charge is -2.32. The maximum Gasteiger partial charge on any atom is 0.269 e. The van der Waals surface area contributed by atoms with Gasteiger partial charge in [-0.05, 0) is 29.7 Å². The molecule has 3 aromatic carbocycles. The van der Waals surface area contributed by atoms with E-state index in [-0.39, 0.29) is 10.6 Å². The van der Waals surface area contributed by atoms with E-state index in [9.17, 15) is 10.1 Å². The van der Waals surface area contributed by atoms with Crippen LogP contribution in [0.15, 0.2) is 60.7 Å². The van der Waals surface area contributed by atoms with E-state index < -0.39 is 0 Å². The fourth-order valence-corrected chi connectivity index (χ4v) is 2.93. The third-order valence-electron chi connectivity index (χ3n) is 3.97. The lowest BCUT2D eigenvalue weighted by Crippen LogP contribution is -2.28. The van der Waals surface area contributed by atoms with Crippen molar-refractivity contribution in [3.63, 3.8) is 0 Å². The van der Waals surface area contributed by atoms with Gasteiger partial charge < -0.3 is 10.2 Å². The molecular weight excluding hydrogens is 278 g/mol. The fourth-order valence-electron chi connectivity index (χ4n) is 2.93. The monoisotopic (exact) mass is 291 g/mol. The number of nitrogens with one attached hydrogen (secondary N) is 1. The van der Waals surface area contributed by atoms with Crippen LogP contribution in [0, 0.1) is 10.1 Å². The Bertz CT molecular complexity index is 869. The average Bonchev–Trinajstić information content (AvgIpc) is 2.56. The van der Waals surface area contributed by atoms with Crippen LogP contribution in [-0.4, -0.2) is 11.6 Å². The predicted molar refractivity (Wildman–Crippen MR) is 87.7 cm³/mol. The molecule has 1 aliphatic rings. The third kappa shape index (κ3) is 1.87. The summed E-state index contributed by atoms with van der Waals surface area (Å²) in [5, 5.41) is 16.5. The summed E-state index contributed by atoms with van der Waals surface area (Å²) in [5.74, 6) is 0. The van der Waals surface area contributed by atoms with Crippen molar-refractivity contribution in [2.24, 2.45) is 0 Å². The van der Waals surface area contributed by atoms with Crippen LogP contribution >= 0.6 is 0 Å². The lowest BCUT2D eigenvalue weighted by atomic mass is 10.0. The van der Waals surface area contributed by atoms with Gasteiger partial charge in [-0.25, -0.2) is 0 Å². The zero-order chi connectivity index (χ0) is 15.1. The van der Waals surface area contributed by atoms with Crippen molar-refractivity contribution >= 4 is 33.5 Å². The normalized spacial score (nSPS) is 13.0. The molecule has 22 heavy (non-hydrogen) atoms. The molecular formula is C17H13N3O2. The van der Waals surface area contributed by atoms with Gasteiger partial charge >= 0.3 is 0 Å². The van der Waals surface area contributed by atoms with Gasteiger partial charge in [-0.1, -0.05) is 24.3 Å². The molecule has 0 aliphatic carbocycles. The van der Waals surface area contributed by atoms with Crippen molar-refractivity contribution in [3.05, 3.63) is 70.8 Å². The Balaban J connectivity index is 1.84. The zero-order valence-corrected chi connectivity index (χ0v) is 11.7. The standard InChI is InChI=1S/C17H13N3O2/c21-20(22)14-9-7-13(8-10-14)19-11-18-15-5-1-3-12-4-2-6-16(19)17(12)15/h1-10,18H,11H2. The van der Waals surface area contributed by atoms with Gasteiger partial charge in [0.25, 0.3) is 5.69 Å². The quantitative estimate of drug-likeness (QED) is 0.566. The summed E-state index contributed by atoms with van der Waals surface area (Å²) >= 11 is 0. The molecule has 1 heterocycles. The second-order valence-corrected chi connectivity index (χ2v) is 5.22. The third-order valence-corrected chi connectivity index (χ3v) is 3.97. The van der Waals surface area contributed by atoms with Crippen LogP contribution in [0.5, 0.6) is 0 Å². The summed E-state index contributed by atoms with van der Waals surface area (Å²) in [6, 6.07) is 19.0. The molecule has 0 radical (unpaired) electrons. The average molecular weight is 291 g/mol.